The smallest absolute Gasteiger partial charge is 0.407 e. The monoisotopic (exact) mass is 441 g/mol. The van der Waals surface area contributed by atoms with Gasteiger partial charge < -0.3 is 19.6 Å². The Hall–Kier alpha value is -2.57. The first-order valence-electron chi connectivity index (χ1n) is 9.15. The molecule has 2 N–H and O–H groups in total. The summed E-state index contributed by atoms with van der Waals surface area (Å²) in [5.41, 5.74) is 4.70. The van der Waals surface area contributed by atoms with Crippen LogP contribution in [0.1, 0.15) is 35.3 Å². The van der Waals surface area contributed by atoms with Gasteiger partial charge in [-0.05, 0) is 56.7 Å². The summed E-state index contributed by atoms with van der Waals surface area (Å²) in [6.45, 7) is 0.167. The minimum atomic E-state index is -0.534. The third-order valence-corrected chi connectivity index (χ3v) is 5.42. The van der Waals surface area contributed by atoms with E-state index in [1.54, 1.807) is 12.1 Å². The van der Waals surface area contributed by atoms with Crippen molar-refractivity contribution < 1.29 is 19.1 Å². The molecule has 144 valence electrons. The van der Waals surface area contributed by atoms with E-state index in [1.165, 1.54) is 22.3 Å². The van der Waals surface area contributed by atoms with Gasteiger partial charge in [0, 0.05) is 12.5 Å². The average Bonchev–Trinajstić information content (AvgIpc) is 3.28. The zero-order valence-electron chi connectivity index (χ0n) is 15.1. The van der Waals surface area contributed by atoms with E-state index in [2.05, 4.69) is 45.5 Å². The minimum Gasteiger partial charge on any atom is -0.452 e. The van der Waals surface area contributed by atoms with Crippen molar-refractivity contribution in [2.75, 3.05) is 13.2 Å². The number of furan rings is 1. The Kier molecular flexibility index (Phi) is 5.50. The van der Waals surface area contributed by atoms with Gasteiger partial charge in [-0.1, -0.05) is 48.5 Å². The fourth-order valence-corrected chi connectivity index (χ4v) is 4.03. The lowest BCUT2D eigenvalue weighted by molar-refractivity contribution is 0.134. The van der Waals surface area contributed by atoms with E-state index < -0.39 is 12.1 Å². The summed E-state index contributed by atoms with van der Waals surface area (Å²) in [6.07, 6.45) is -0.197. The molecule has 0 saturated heterocycles. The van der Waals surface area contributed by atoms with E-state index >= 15 is 0 Å². The molecule has 5 nitrogen and oxygen atoms in total. The molecule has 0 radical (unpaired) electrons. The van der Waals surface area contributed by atoms with Crippen molar-refractivity contribution >= 4 is 22.0 Å². The Morgan fingerprint density at radius 1 is 1.07 bits per heavy atom. The molecule has 1 amide bonds. The molecule has 28 heavy (non-hydrogen) atoms. The van der Waals surface area contributed by atoms with Crippen LogP contribution in [0.3, 0.4) is 0 Å². The maximum absolute atomic E-state index is 12.4. The molecule has 0 spiro atoms. The highest BCUT2D eigenvalue weighted by Gasteiger charge is 2.29. The van der Waals surface area contributed by atoms with Crippen molar-refractivity contribution in [1.82, 2.24) is 5.32 Å². The Labute approximate surface area is 171 Å². The Morgan fingerprint density at radius 3 is 2.29 bits per heavy atom. The number of rotatable bonds is 6. The quantitative estimate of drug-likeness (QED) is 0.564. The number of hydrogen-bond acceptors (Lipinski definition) is 4. The molecule has 1 aliphatic carbocycles. The number of aliphatic hydroxyl groups excluding tert-OH is 1. The van der Waals surface area contributed by atoms with Crippen molar-refractivity contribution in [3.05, 3.63) is 82.2 Å². The first-order valence-corrected chi connectivity index (χ1v) is 9.94. The zero-order chi connectivity index (χ0) is 19.5. The zero-order valence-corrected chi connectivity index (χ0v) is 16.7. The van der Waals surface area contributed by atoms with Gasteiger partial charge in [-0.15, -0.1) is 0 Å². The fourth-order valence-electron chi connectivity index (χ4n) is 3.71. The molecule has 1 aliphatic rings. The molecule has 1 atom stereocenters. The number of hydrogen-bond donors (Lipinski definition) is 2. The molecule has 0 fully saturated rings. The van der Waals surface area contributed by atoms with Gasteiger partial charge in [0.15, 0.2) is 4.67 Å². The Bertz CT molecular complexity index is 938. The number of carbonyl (C=O) groups is 1. The second kappa shape index (κ2) is 8.20. The van der Waals surface area contributed by atoms with Crippen molar-refractivity contribution in [2.24, 2.45) is 0 Å². The van der Waals surface area contributed by atoms with E-state index in [0.717, 1.165) is 0 Å². The summed E-state index contributed by atoms with van der Waals surface area (Å²) in [4.78, 5) is 12.4. The third kappa shape index (κ3) is 3.70. The van der Waals surface area contributed by atoms with Crippen molar-refractivity contribution in [1.29, 1.82) is 0 Å². The van der Waals surface area contributed by atoms with Gasteiger partial charge in [-0.25, -0.2) is 4.79 Å². The SMILES string of the molecule is O=C(NC(CCO)c1ccc(Br)o1)OCC1c2ccccc2-c2ccccc21. The van der Waals surface area contributed by atoms with Crippen LogP contribution in [0.15, 0.2) is 69.8 Å². The van der Waals surface area contributed by atoms with Crippen LogP contribution in [-0.4, -0.2) is 24.4 Å². The van der Waals surface area contributed by atoms with Gasteiger partial charge in [-0.3, -0.25) is 0 Å². The van der Waals surface area contributed by atoms with Crippen LogP contribution in [0.2, 0.25) is 0 Å². The summed E-state index contributed by atoms with van der Waals surface area (Å²) in [6, 6.07) is 19.5. The number of amides is 1. The largest absolute Gasteiger partial charge is 0.452 e. The molecule has 1 heterocycles. The highest BCUT2D eigenvalue weighted by molar-refractivity contribution is 9.10. The molecule has 0 aliphatic heterocycles. The number of ether oxygens (including phenoxy) is 1. The van der Waals surface area contributed by atoms with Crippen LogP contribution < -0.4 is 5.32 Å². The standard InChI is InChI=1S/C22H20BrNO4/c23-21-10-9-20(28-21)19(11-12-25)24-22(26)27-13-18-16-7-3-1-5-14(16)15-6-2-4-8-17(15)18/h1-10,18-19,25H,11-13H2,(H,24,26). The van der Waals surface area contributed by atoms with E-state index in [9.17, 15) is 9.90 Å². The number of benzene rings is 2. The molecule has 1 unspecified atom stereocenters. The molecule has 0 saturated carbocycles. The predicted octanol–water partition coefficient (Wildman–Crippen LogP) is 5.00. The van der Waals surface area contributed by atoms with Crippen LogP contribution in [0.4, 0.5) is 4.79 Å². The van der Waals surface area contributed by atoms with Gasteiger partial charge in [0.1, 0.15) is 12.4 Å². The van der Waals surface area contributed by atoms with Crippen molar-refractivity contribution in [3.63, 3.8) is 0 Å². The minimum absolute atomic E-state index is 0.00667. The number of nitrogens with one attached hydrogen (secondary N) is 1. The third-order valence-electron chi connectivity index (χ3n) is 4.99. The van der Waals surface area contributed by atoms with Crippen LogP contribution in [0, 0.1) is 0 Å². The van der Waals surface area contributed by atoms with E-state index in [4.69, 9.17) is 9.15 Å². The maximum atomic E-state index is 12.4. The van der Waals surface area contributed by atoms with Crippen molar-refractivity contribution in [2.45, 2.75) is 18.4 Å². The number of aliphatic hydroxyl groups is 1. The van der Waals surface area contributed by atoms with E-state index in [0.29, 0.717) is 16.9 Å². The van der Waals surface area contributed by atoms with Crippen LogP contribution in [0.5, 0.6) is 0 Å². The molecule has 6 heteroatoms. The Morgan fingerprint density at radius 2 is 1.71 bits per heavy atom. The van der Waals surface area contributed by atoms with E-state index in [-0.39, 0.29) is 19.1 Å². The van der Waals surface area contributed by atoms with Gasteiger partial charge in [-0.2, -0.15) is 0 Å². The molecule has 4 rings (SSSR count). The highest BCUT2D eigenvalue weighted by atomic mass is 79.9. The number of alkyl carbamates (subject to hydrolysis) is 1. The highest BCUT2D eigenvalue weighted by Crippen LogP contribution is 2.44. The number of fused-ring (bicyclic) bond motifs is 3. The fraction of sp³-hybridized carbons (Fsp3) is 0.227. The van der Waals surface area contributed by atoms with Crippen LogP contribution in [-0.2, 0) is 4.74 Å². The average molecular weight is 442 g/mol. The van der Waals surface area contributed by atoms with Crippen LogP contribution in [0.25, 0.3) is 11.1 Å². The van der Waals surface area contributed by atoms with Gasteiger partial charge in [0.2, 0.25) is 0 Å². The summed E-state index contributed by atoms with van der Waals surface area (Å²) in [7, 11) is 0. The van der Waals surface area contributed by atoms with Crippen LogP contribution >= 0.6 is 15.9 Å². The Balaban J connectivity index is 1.46. The first kappa shape index (κ1) is 18.8. The first-order chi connectivity index (χ1) is 13.7. The molecule has 2 aromatic carbocycles. The number of halogens is 1. The molecule has 1 aromatic heterocycles. The summed E-state index contributed by atoms with van der Waals surface area (Å²) < 4.78 is 11.6. The lowest BCUT2D eigenvalue weighted by Crippen LogP contribution is -2.30. The lowest BCUT2D eigenvalue weighted by atomic mass is 9.98. The summed E-state index contributed by atoms with van der Waals surface area (Å²) in [5.74, 6) is 0.571. The molecule has 3 aromatic rings. The van der Waals surface area contributed by atoms with Crippen molar-refractivity contribution in [3.8, 4) is 11.1 Å². The second-order valence-electron chi connectivity index (χ2n) is 6.68. The summed E-state index contributed by atoms with van der Waals surface area (Å²) in [5, 5.41) is 12.1. The predicted molar refractivity (Wildman–Crippen MR) is 109 cm³/mol. The second-order valence-corrected chi connectivity index (χ2v) is 7.46. The lowest BCUT2D eigenvalue weighted by Gasteiger charge is -2.18. The molecule has 0 bridgehead atoms. The summed E-state index contributed by atoms with van der Waals surface area (Å²) >= 11 is 3.25. The number of carbonyl (C=O) groups excluding carboxylic acids is 1. The topological polar surface area (TPSA) is 71.7 Å². The van der Waals surface area contributed by atoms with E-state index in [1.807, 2.05) is 24.3 Å². The molecular weight excluding hydrogens is 422 g/mol. The molecular formula is C22H20BrNO4. The normalized spacial score (nSPS) is 13.6. The van der Waals surface area contributed by atoms with Gasteiger partial charge in [0.05, 0.1) is 6.04 Å². The van der Waals surface area contributed by atoms with Gasteiger partial charge >= 0.3 is 6.09 Å². The maximum Gasteiger partial charge on any atom is 0.407 e. The van der Waals surface area contributed by atoms with Gasteiger partial charge in [0.25, 0.3) is 0 Å².